The highest BCUT2D eigenvalue weighted by atomic mass is 35.5. The predicted molar refractivity (Wildman–Crippen MR) is 64.3 cm³/mol. The van der Waals surface area contributed by atoms with E-state index in [9.17, 15) is 4.79 Å². The fourth-order valence-electron chi connectivity index (χ4n) is 1.31. The molecular weight excluding hydrogens is 226 g/mol. The molecule has 0 fully saturated rings. The number of nitrogens with zero attached hydrogens (tertiary/aromatic N) is 2. The first-order valence-electron chi connectivity index (χ1n) is 5.12. The Labute approximate surface area is 101 Å². The normalized spacial score (nSPS) is 10.5. The van der Waals surface area contributed by atoms with Crippen molar-refractivity contribution in [3.8, 4) is 0 Å². The van der Waals surface area contributed by atoms with Gasteiger partial charge in [0.05, 0.1) is 5.69 Å². The topological polar surface area (TPSA) is 45.2 Å². The maximum atomic E-state index is 11.0. The van der Waals surface area contributed by atoms with Gasteiger partial charge in [-0.25, -0.2) is 4.98 Å². The summed E-state index contributed by atoms with van der Waals surface area (Å²) < 4.78 is 0. The third-order valence-corrected chi connectivity index (χ3v) is 2.41. The average Bonchev–Trinajstić information content (AvgIpc) is 2.26. The number of nitrogens with one attached hydrogen (secondary N) is 1. The largest absolute Gasteiger partial charge is 0.359 e. The van der Waals surface area contributed by atoms with Gasteiger partial charge in [-0.3, -0.25) is 4.79 Å². The average molecular weight is 242 g/mol. The summed E-state index contributed by atoms with van der Waals surface area (Å²) in [6.45, 7) is 1.39. The summed E-state index contributed by atoms with van der Waals surface area (Å²) >= 11 is 5.78. The van der Waals surface area contributed by atoms with E-state index < -0.39 is 0 Å². The minimum Gasteiger partial charge on any atom is -0.359 e. The molecule has 1 aromatic heterocycles. The summed E-state index contributed by atoms with van der Waals surface area (Å²) in [5.41, 5.74) is 0.909. The molecule has 0 aliphatic carbocycles. The van der Waals surface area contributed by atoms with E-state index >= 15 is 0 Å². The highest BCUT2D eigenvalue weighted by Gasteiger charge is 2.04. The van der Waals surface area contributed by atoms with Crippen molar-refractivity contribution in [1.82, 2.24) is 15.2 Å². The summed E-state index contributed by atoms with van der Waals surface area (Å²) in [4.78, 5) is 17.3. The van der Waals surface area contributed by atoms with Gasteiger partial charge in [0.25, 0.3) is 0 Å². The molecule has 1 N–H and O–H groups in total. The van der Waals surface area contributed by atoms with Crippen LogP contribution in [0.15, 0.2) is 18.2 Å². The van der Waals surface area contributed by atoms with Crippen molar-refractivity contribution in [2.45, 2.75) is 13.0 Å². The summed E-state index contributed by atoms with van der Waals surface area (Å²) in [5.74, 6) is 0.0471. The van der Waals surface area contributed by atoms with Crippen LogP contribution < -0.4 is 5.32 Å². The molecular formula is C11H16ClN3O. The number of aromatic nitrogens is 1. The smallest absolute Gasteiger partial charge is 0.221 e. The number of hydrogen-bond acceptors (Lipinski definition) is 3. The number of carbonyl (C=O) groups is 1. The van der Waals surface area contributed by atoms with E-state index in [0.717, 1.165) is 5.69 Å². The van der Waals surface area contributed by atoms with E-state index in [1.807, 2.05) is 24.1 Å². The monoisotopic (exact) mass is 241 g/mol. The molecule has 5 heteroatoms. The van der Waals surface area contributed by atoms with Gasteiger partial charge in [-0.15, -0.1) is 0 Å². The van der Waals surface area contributed by atoms with E-state index in [1.54, 1.807) is 13.1 Å². The Balaban J connectivity index is 2.39. The molecule has 0 saturated carbocycles. The molecule has 0 unspecified atom stereocenters. The first-order valence-corrected chi connectivity index (χ1v) is 5.50. The van der Waals surface area contributed by atoms with Gasteiger partial charge in [0.2, 0.25) is 5.91 Å². The molecule has 1 rings (SSSR count). The van der Waals surface area contributed by atoms with Crippen molar-refractivity contribution in [2.75, 3.05) is 20.6 Å². The van der Waals surface area contributed by atoms with Gasteiger partial charge in [-0.2, -0.15) is 0 Å². The highest BCUT2D eigenvalue weighted by molar-refractivity contribution is 6.29. The molecule has 0 aromatic carbocycles. The first kappa shape index (κ1) is 12.9. The van der Waals surface area contributed by atoms with Crippen LogP contribution in [0.25, 0.3) is 0 Å². The number of rotatable bonds is 5. The minimum absolute atomic E-state index is 0.0471. The fraction of sp³-hybridized carbons (Fsp3) is 0.455. The minimum atomic E-state index is 0.0471. The second-order valence-corrected chi connectivity index (χ2v) is 4.00. The predicted octanol–water partition coefficient (Wildman–Crippen LogP) is 1.30. The molecule has 0 atom stereocenters. The zero-order chi connectivity index (χ0) is 12.0. The van der Waals surface area contributed by atoms with Crippen molar-refractivity contribution < 1.29 is 4.79 Å². The highest BCUT2D eigenvalue weighted by Crippen LogP contribution is 2.06. The van der Waals surface area contributed by atoms with Crippen molar-refractivity contribution in [2.24, 2.45) is 0 Å². The molecule has 16 heavy (non-hydrogen) atoms. The Hall–Kier alpha value is -1.13. The van der Waals surface area contributed by atoms with Crippen LogP contribution in [0.4, 0.5) is 0 Å². The van der Waals surface area contributed by atoms with Gasteiger partial charge in [0, 0.05) is 26.6 Å². The van der Waals surface area contributed by atoms with Crippen LogP contribution in [0.5, 0.6) is 0 Å². The molecule has 4 nitrogen and oxygen atoms in total. The van der Waals surface area contributed by atoms with Gasteiger partial charge in [0.15, 0.2) is 0 Å². The maximum Gasteiger partial charge on any atom is 0.221 e. The molecule has 0 radical (unpaired) electrons. The zero-order valence-corrected chi connectivity index (χ0v) is 10.3. The molecule has 0 saturated heterocycles. The lowest BCUT2D eigenvalue weighted by Gasteiger charge is -2.15. The summed E-state index contributed by atoms with van der Waals surface area (Å²) in [6, 6.07) is 5.54. The van der Waals surface area contributed by atoms with Crippen LogP contribution >= 0.6 is 11.6 Å². The van der Waals surface area contributed by atoms with Gasteiger partial charge in [-0.1, -0.05) is 17.7 Å². The van der Waals surface area contributed by atoms with Gasteiger partial charge in [-0.05, 0) is 19.2 Å². The van der Waals surface area contributed by atoms with Crippen molar-refractivity contribution in [3.63, 3.8) is 0 Å². The SMILES string of the molecule is CNC(=O)CCN(C)Cc1cccc(Cl)n1. The van der Waals surface area contributed by atoms with Crippen LogP contribution in [0.1, 0.15) is 12.1 Å². The number of halogens is 1. The molecule has 88 valence electrons. The van der Waals surface area contributed by atoms with Crippen LogP contribution in [-0.4, -0.2) is 36.4 Å². The second-order valence-electron chi connectivity index (χ2n) is 3.61. The fourth-order valence-corrected chi connectivity index (χ4v) is 1.49. The van der Waals surface area contributed by atoms with Crippen LogP contribution in [0.3, 0.4) is 0 Å². The van der Waals surface area contributed by atoms with Gasteiger partial charge < -0.3 is 10.2 Å². The number of carbonyl (C=O) groups excluding carboxylic acids is 1. The van der Waals surface area contributed by atoms with E-state index in [-0.39, 0.29) is 5.91 Å². The Bertz CT molecular complexity index is 357. The molecule has 0 bridgehead atoms. The molecule has 1 heterocycles. The quantitative estimate of drug-likeness (QED) is 0.791. The van der Waals surface area contributed by atoms with E-state index in [0.29, 0.717) is 24.7 Å². The Morgan fingerprint density at radius 1 is 1.56 bits per heavy atom. The van der Waals surface area contributed by atoms with Gasteiger partial charge in [0.1, 0.15) is 5.15 Å². The summed E-state index contributed by atoms with van der Waals surface area (Å²) in [6.07, 6.45) is 0.494. The maximum absolute atomic E-state index is 11.0. The summed E-state index contributed by atoms with van der Waals surface area (Å²) in [5, 5.41) is 3.09. The number of pyridine rings is 1. The number of hydrogen-bond donors (Lipinski definition) is 1. The van der Waals surface area contributed by atoms with Gasteiger partial charge >= 0.3 is 0 Å². The number of amides is 1. The lowest BCUT2D eigenvalue weighted by atomic mass is 10.3. The molecule has 0 spiro atoms. The van der Waals surface area contributed by atoms with Crippen LogP contribution in [-0.2, 0) is 11.3 Å². The Kier molecular flexibility index (Phi) is 5.22. The Morgan fingerprint density at radius 2 is 2.31 bits per heavy atom. The zero-order valence-electron chi connectivity index (χ0n) is 9.53. The second kappa shape index (κ2) is 6.45. The lowest BCUT2D eigenvalue weighted by Crippen LogP contribution is -2.26. The third-order valence-electron chi connectivity index (χ3n) is 2.20. The van der Waals surface area contributed by atoms with Crippen LogP contribution in [0, 0.1) is 0 Å². The molecule has 1 aromatic rings. The summed E-state index contributed by atoms with van der Waals surface area (Å²) in [7, 11) is 3.59. The van der Waals surface area contributed by atoms with Crippen molar-refractivity contribution in [1.29, 1.82) is 0 Å². The Morgan fingerprint density at radius 3 is 2.94 bits per heavy atom. The molecule has 0 aliphatic heterocycles. The lowest BCUT2D eigenvalue weighted by molar-refractivity contribution is -0.120. The van der Waals surface area contributed by atoms with E-state index in [4.69, 9.17) is 11.6 Å². The standard InChI is InChI=1S/C11H16ClN3O/c1-13-11(16)6-7-15(2)8-9-4-3-5-10(12)14-9/h3-5H,6-8H2,1-2H3,(H,13,16). The van der Waals surface area contributed by atoms with E-state index in [2.05, 4.69) is 10.3 Å². The first-order chi connectivity index (χ1) is 7.61. The third kappa shape index (κ3) is 4.59. The van der Waals surface area contributed by atoms with Crippen molar-refractivity contribution in [3.05, 3.63) is 29.0 Å². The van der Waals surface area contributed by atoms with Crippen LogP contribution in [0.2, 0.25) is 5.15 Å². The van der Waals surface area contributed by atoms with Crippen molar-refractivity contribution >= 4 is 17.5 Å². The molecule has 1 amide bonds. The van der Waals surface area contributed by atoms with E-state index in [1.165, 1.54) is 0 Å². The molecule has 0 aliphatic rings.